The third-order valence-electron chi connectivity index (χ3n) is 5.82. The van der Waals surface area contributed by atoms with Crippen LogP contribution in [0.4, 0.5) is 18.9 Å². The van der Waals surface area contributed by atoms with Gasteiger partial charge in [-0.3, -0.25) is 4.79 Å². The molecule has 6 nitrogen and oxygen atoms in total. The molecule has 0 amide bonds. The molecule has 0 spiro atoms. The third kappa shape index (κ3) is 5.47. The number of aromatic nitrogens is 2. The summed E-state index contributed by atoms with van der Waals surface area (Å²) < 4.78 is 47.7. The summed E-state index contributed by atoms with van der Waals surface area (Å²) in [4.78, 5) is 22.1. The average Bonchev–Trinajstić information content (AvgIpc) is 2.87. The average molecular weight is 471 g/mol. The van der Waals surface area contributed by atoms with E-state index in [1.807, 2.05) is 23.1 Å². The number of methoxy groups -OCH3 is 1. The first-order valence-corrected chi connectivity index (χ1v) is 10.9. The summed E-state index contributed by atoms with van der Waals surface area (Å²) in [5.74, 6) is 0.224. The summed E-state index contributed by atoms with van der Waals surface area (Å²) in [5.41, 5.74) is 3.99. The van der Waals surface area contributed by atoms with Crippen LogP contribution < -0.4 is 14.4 Å². The molecule has 1 aliphatic rings. The molecule has 2 aromatic carbocycles. The van der Waals surface area contributed by atoms with Gasteiger partial charge in [0.2, 0.25) is 0 Å². The lowest BCUT2D eigenvalue weighted by molar-refractivity contribution is -0.153. The van der Waals surface area contributed by atoms with Crippen LogP contribution >= 0.6 is 0 Å². The normalized spacial score (nSPS) is 16.2. The van der Waals surface area contributed by atoms with Gasteiger partial charge in [0, 0.05) is 48.6 Å². The van der Waals surface area contributed by atoms with E-state index in [9.17, 15) is 18.0 Å². The number of aldehydes is 1. The number of piperidine rings is 1. The fourth-order valence-electron chi connectivity index (χ4n) is 4.28. The van der Waals surface area contributed by atoms with Crippen molar-refractivity contribution in [1.29, 1.82) is 0 Å². The van der Waals surface area contributed by atoms with Crippen molar-refractivity contribution in [3.63, 3.8) is 0 Å². The number of carbonyl (C=O) groups excluding carboxylic acids is 1. The van der Waals surface area contributed by atoms with Crippen molar-refractivity contribution < 1.29 is 27.4 Å². The van der Waals surface area contributed by atoms with Crippen LogP contribution in [0.15, 0.2) is 54.9 Å². The molecule has 0 saturated carbocycles. The second-order valence-electron chi connectivity index (χ2n) is 8.07. The van der Waals surface area contributed by atoms with Crippen molar-refractivity contribution in [3.8, 4) is 22.9 Å². The van der Waals surface area contributed by atoms with Crippen molar-refractivity contribution in [3.05, 3.63) is 66.0 Å². The zero-order chi connectivity index (χ0) is 24.1. The lowest BCUT2D eigenvalue weighted by atomic mass is 9.85. The molecule has 3 aromatic rings. The Labute approximate surface area is 195 Å². The maximum atomic E-state index is 12.6. The second kappa shape index (κ2) is 10.1. The Kier molecular flexibility index (Phi) is 7.00. The van der Waals surface area contributed by atoms with Crippen LogP contribution in [-0.4, -0.2) is 49.2 Å². The number of nitrogens with zero attached hydrogens (tertiary/aromatic N) is 3. The predicted molar refractivity (Wildman–Crippen MR) is 122 cm³/mol. The van der Waals surface area contributed by atoms with Gasteiger partial charge in [-0.1, -0.05) is 24.3 Å². The first-order chi connectivity index (χ1) is 16.4. The number of alkyl halides is 3. The number of halogens is 3. The van der Waals surface area contributed by atoms with E-state index in [1.165, 1.54) is 25.3 Å². The summed E-state index contributed by atoms with van der Waals surface area (Å²) >= 11 is 0. The minimum absolute atomic E-state index is 0.0795. The molecule has 1 fully saturated rings. The fraction of sp³-hybridized carbons (Fsp3) is 0.320. The Bertz CT molecular complexity index is 1140. The molecule has 0 aliphatic carbocycles. The van der Waals surface area contributed by atoms with Gasteiger partial charge in [0.1, 0.15) is 5.75 Å². The first-order valence-electron chi connectivity index (χ1n) is 10.9. The molecular weight excluding hydrogens is 447 g/mol. The highest BCUT2D eigenvalue weighted by Crippen LogP contribution is 2.37. The number of hydrogen-bond acceptors (Lipinski definition) is 6. The fourth-order valence-corrected chi connectivity index (χ4v) is 4.28. The van der Waals surface area contributed by atoms with Gasteiger partial charge in [-0.2, -0.15) is 13.2 Å². The molecule has 1 unspecified atom stereocenters. The van der Waals surface area contributed by atoms with Crippen LogP contribution in [0.25, 0.3) is 11.1 Å². The van der Waals surface area contributed by atoms with Crippen molar-refractivity contribution in [2.75, 3.05) is 31.7 Å². The number of hydrogen-bond donors (Lipinski definition) is 0. The van der Waals surface area contributed by atoms with Crippen molar-refractivity contribution in [2.24, 2.45) is 0 Å². The molecule has 1 aliphatic heterocycles. The highest BCUT2D eigenvalue weighted by atomic mass is 19.4. The van der Waals surface area contributed by atoms with E-state index >= 15 is 0 Å². The summed E-state index contributed by atoms with van der Waals surface area (Å²) in [5, 5.41) is 0. The van der Waals surface area contributed by atoms with Crippen molar-refractivity contribution in [1.82, 2.24) is 9.97 Å². The van der Waals surface area contributed by atoms with Crippen LogP contribution in [0.1, 0.15) is 34.7 Å². The standard InChI is InChI=1S/C25H24F3N3O3/c1-33-24-29-12-19(13-30-24)22-7-3-2-6-21(22)17-5-4-10-31(14-17)23-11-20(9-8-18(23)15-32)34-16-25(26,27)28/h2-3,6-9,11-13,15,17H,4-5,10,14,16H2,1H3. The van der Waals surface area contributed by atoms with E-state index in [2.05, 4.69) is 16.0 Å². The highest BCUT2D eigenvalue weighted by Gasteiger charge is 2.29. The Morgan fingerprint density at radius 1 is 1.15 bits per heavy atom. The van der Waals surface area contributed by atoms with Gasteiger partial charge in [0.25, 0.3) is 0 Å². The molecule has 1 saturated heterocycles. The van der Waals surface area contributed by atoms with Crippen LogP contribution in [0.2, 0.25) is 0 Å². The van der Waals surface area contributed by atoms with Crippen molar-refractivity contribution in [2.45, 2.75) is 24.9 Å². The minimum Gasteiger partial charge on any atom is -0.484 e. The quantitative estimate of drug-likeness (QED) is 0.437. The number of rotatable bonds is 7. The van der Waals surface area contributed by atoms with Crippen LogP contribution in [0, 0.1) is 0 Å². The van der Waals surface area contributed by atoms with E-state index < -0.39 is 12.8 Å². The molecule has 4 rings (SSSR count). The smallest absolute Gasteiger partial charge is 0.422 e. The summed E-state index contributed by atoms with van der Waals surface area (Å²) in [6, 6.07) is 12.7. The summed E-state index contributed by atoms with van der Waals surface area (Å²) in [6.45, 7) is -0.0850. The van der Waals surface area contributed by atoms with Crippen LogP contribution in [0.5, 0.6) is 11.8 Å². The maximum Gasteiger partial charge on any atom is 0.422 e. The Balaban J connectivity index is 1.60. The monoisotopic (exact) mass is 471 g/mol. The van der Waals surface area contributed by atoms with E-state index in [-0.39, 0.29) is 11.7 Å². The van der Waals surface area contributed by atoms with Gasteiger partial charge in [-0.05, 0) is 36.1 Å². The largest absolute Gasteiger partial charge is 0.484 e. The Morgan fingerprint density at radius 2 is 1.91 bits per heavy atom. The van der Waals surface area contributed by atoms with Crippen LogP contribution in [-0.2, 0) is 0 Å². The van der Waals surface area contributed by atoms with Gasteiger partial charge in [-0.25, -0.2) is 9.97 Å². The predicted octanol–water partition coefficient (Wildman–Crippen LogP) is 5.29. The van der Waals surface area contributed by atoms with Gasteiger partial charge in [0.15, 0.2) is 12.9 Å². The lowest BCUT2D eigenvalue weighted by Gasteiger charge is -2.36. The Hall–Kier alpha value is -3.62. The van der Waals surface area contributed by atoms with E-state index in [1.54, 1.807) is 12.4 Å². The molecule has 178 valence electrons. The van der Waals surface area contributed by atoms with E-state index in [0.29, 0.717) is 30.4 Å². The Morgan fingerprint density at radius 3 is 2.62 bits per heavy atom. The highest BCUT2D eigenvalue weighted by molar-refractivity contribution is 5.85. The zero-order valence-corrected chi connectivity index (χ0v) is 18.6. The number of anilines is 1. The minimum atomic E-state index is -4.44. The molecule has 2 heterocycles. The molecule has 1 aromatic heterocycles. The first kappa shape index (κ1) is 23.5. The van der Waals surface area contributed by atoms with Crippen molar-refractivity contribution >= 4 is 12.0 Å². The number of carbonyl (C=O) groups is 1. The number of ether oxygens (including phenoxy) is 2. The van der Waals surface area contributed by atoms with Gasteiger partial charge in [0.05, 0.1) is 12.8 Å². The summed E-state index contributed by atoms with van der Waals surface area (Å²) in [7, 11) is 1.51. The molecule has 0 bridgehead atoms. The molecule has 34 heavy (non-hydrogen) atoms. The van der Waals surface area contributed by atoms with Gasteiger partial charge in [-0.15, -0.1) is 0 Å². The molecular formula is C25H24F3N3O3. The molecule has 0 N–H and O–H groups in total. The molecule has 1 atom stereocenters. The van der Waals surface area contributed by atoms with E-state index in [4.69, 9.17) is 9.47 Å². The zero-order valence-electron chi connectivity index (χ0n) is 18.6. The van der Waals surface area contributed by atoms with E-state index in [0.717, 1.165) is 35.8 Å². The number of benzene rings is 2. The third-order valence-corrected chi connectivity index (χ3v) is 5.82. The SMILES string of the molecule is COc1ncc(-c2ccccc2C2CCCN(c3cc(OCC(F)(F)F)ccc3C=O)C2)cn1. The lowest BCUT2D eigenvalue weighted by Crippen LogP contribution is -2.35. The molecule has 0 radical (unpaired) electrons. The van der Waals surface area contributed by atoms with Crippen LogP contribution in [0.3, 0.4) is 0 Å². The topological polar surface area (TPSA) is 64.6 Å². The van der Waals surface area contributed by atoms with Gasteiger partial charge < -0.3 is 14.4 Å². The second-order valence-corrected chi connectivity index (χ2v) is 8.07. The van der Waals surface area contributed by atoms with Gasteiger partial charge >= 0.3 is 12.2 Å². The maximum absolute atomic E-state index is 12.6. The summed E-state index contributed by atoms with van der Waals surface area (Å²) in [6.07, 6.45) is 1.52. The molecule has 9 heteroatoms.